The van der Waals surface area contributed by atoms with Gasteiger partial charge in [0.2, 0.25) is 0 Å². The van der Waals surface area contributed by atoms with Crippen LogP contribution in [0.1, 0.15) is 33.6 Å². The van der Waals surface area contributed by atoms with Crippen LogP contribution in [-0.4, -0.2) is 18.1 Å². The Bertz CT molecular complexity index is 464. The Balaban J connectivity index is 2.12. The topological polar surface area (TPSA) is 38.3 Å². The largest absolute Gasteiger partial charge is 0.464 e. The lowest BCUT2D eigenvalue weighted by atomic mass is 9.64. The molecule has 0 spiro atoms. The number of carbonyl (C=O) groups is 1. The third-order valence-corrected chi connectivity index (χ3v) is 4.06. The van der Waals surface area contributed by atoms with E-state index in [4.69, 9.17) is 4.74 Å². The lowest BCUT2D eigenvalue weighted by molar-refractivity contribution is -0.154. The summed E-state index contributed by atoms with van der Waals surface area (Å²) in [4.78, 5) is 12.2. The Morgan fingerprint density at radius 1 is 1.40 bits per heavy atom. The van der Waals surface area contributed by atoms with Crippen LogP contribution >= 0.6 is 0 Å². The minimum atomic E-state index is -0.650. The molecule has 0 aromatic heterocycles. The number of nitrogens with one attached hydrogen (secondary N) is 1. The highest BCUT2D eigenvalue weighted by atomic mass is 19.1. The molecule has 1 aromatic carbocycles. The van der Waals surface area contributed by atoms with Crippen molar-refractivity contribution in [3.63, 3.8) is 0 Å². The van der Waals surface area contributed by atoms with Gasteiger partial charge in [0.15, 0.2) is 0 Å². The summed E-state index contributed by atoms with van der Waals surface area (Å²) < 4.78 is 18.1. The first-order valence-electron chi connectivity index (χ1n) is 7.18. The molecular formula is C16H22FNO2. The van der Waals surface area contributed by atoms with Crippen molar-refractivity contribution in [2.24, 2.45) is 11.8 Å². The third kappa shape index (κ3) is 2.94. The summed E-state index contributed by atoms with van der Waals surface area (Å²) in [7, 11) is 0. The Hall–Kier alpha value is -1.58. The number of esters is 1. The zero-order valence-corrected chi connectivity index (χ0v) is 12.3. The molecule has 110 valence electrons. The van der Waals surface area contributed by atoms with Crippen molar-refractivity contribution in [2.45, 2.75) is 39.2 Å². The molecule has 1 N–H and O–H groups in total. The quantitative estimate of drug-likeness (QED) is 0.837. The van der Waals surface area contributed by atoms with Crippen molar-refractivity contribution in [3.8, 4) is 0 Å². The first-order valence-corrected chi connectivity index (χ1v) is 7.18. The van der Waals surface area contributed by atoms with Gasteiger partial charge in [-0.05, 0) is 55.9 Å². The lowest BCUT2D eigenvalue weighted by Crippen LogP contribution is -2.58. The number of benzene rings is 1. The second-order valence-corrected chi connectivity index (χ2v) is 5.85. The first kappa shape index (κ1) is 14.8. The summed E-state index contributed by atoms with van der Waals surface area (Å²) >= 11 is 0. The SMILES string of the molecule is CCOC(=O)C1(Nc2ccc(F)cc2)CC(C(C)C)C1. The molecule has 0 amide bonds. The zero-order chi connectivity index (χ0) is 14.8. The fourth-order valence-corrected chi connectivity index (χ4v) is 2.71. The fourth-order valence-electron chi connectivity index (χ4n) is 2.71. The Labute approximate surface area is 119 Å². The molecule has 1 aliphatic carbocycles. The fraction of sp³-hybridized carbons (Fsp3) is 0.562. The lowest BCUT2D eigenvalue weighted by Gasteiger charge is -2.48. The minimum absolute atomic E-state index is 0.207. The number of ether oxygens (including phenoxy) is 1. The molecule has 0 saturated heterocycles. The van der Waals surface area contributed by atoms with Crippen LogP contribution in [-0.2, 0) is 9.53 Å². The van der Waals surface area contributed by atoms with Crippen molar-refractivity contribution < 1.29 is 13.9 Å². The molecule has 0 unspecified atom stereocenters. The summed E-state index contributed by atoms with van der Waals surface area (Å²) in [5.41, 5.74) is 0.102. The van der Waals surface area contributed by atoms with Gasteiger partial charge in [-0.1, -0.05) is 13.8 Å². The van der Waals surface area contributed by atoms with Crippen LogP contribution in [0.5, 0.6) is 0 Å². The Kier molecular flexibility index (Phi) is 4.31. The van der Waals surface area contributed by atoms with Gasteiger partial charge in [-0.2, -0.15) is 0 Å². The first-order chi connectivity index (χ1) is 9.47. The van der Waals surface area contributed by atoms with Crippen molar-refractivity contribution >= 4 is 11.7 Å². The summed E-state index contributed by atoms with van der Waals surface area (Å²) in [5.74, 6) is 0.579. The molecule has 0 radical (unpaired) electrons. The van der Waals surface area contributed by atoms with E-state index >= 15 is 0 Å². The highest BCUT2D eigenvalue weighted by Crippen LogP contribution is 2.45. The van der Waals surface area contributed by atoms with Gasteiger partial charge in [0.1, 0.15) is 11.4 Å². The third-order valence-electron chi connectivity index (χ3n) is 4.06. The highest BCUT2D eigenvalue weighted by molar-refractivity contribution is 5.86. The van der Waals surface area contributed by atoms with Gasteiger partial charge in [0, 0.05) is 5.69 Å². The summed E-state index contributed by atoms with van der Waals surface area (Å²) in [6, 6.07) is 6.08. The molecule has 1 aliphatic rings. The molecule has 1 aromatic rings. The van der Waals surface area contributed by atoms with Gasteiger partial charge in [-0.25, -0.2) is 9.18 Å². The molecule has 0 aliphatic heterocycles. The van der Waals surface area contributed by atoms with Gasteiger partial charge >= 0.3 is 5.97 Å². The van der Waals surface area contributed by atoms with E-state index in [-0.39, 0.29) is 11.8 Å². The maximum Gasteiger partial charge on any atom is 0.331 e. The predicted molar refractivity (Wildman–Crippen MR) is 76.9 cm³/mol. The van der Waals surface area contributed by atoms with E-state index in [9.17, 15) is 9.18 Å². The van der Waals surface area contributed by atoms with Gasteiger partial charge in [0.25, 0.3) is 0 Å². The van der Waals surface area contributed by atoms with E-state index in [1.165, 1.54) is 12.1 Å². The molecule has 0 atom stereocenters. The zero-order valence-electron chi connectivity index (χ0n) is 12.3. The van der Waals surface area contributed by atoms with E-state index in [1.807, 2.05) is 6.92 Å². The van der Waals surface area contributed by atoms with Crippen molar-refractivity contribution in [3.05, 3.63) is 30.1 Å². The van der Waals surface area contributed by atoms with E-state index in [0.29, 0.717) is 18.4 Å². The molecule has 1 fully saturated rings. The number of hydrogen-bond acceptors (Lipinski definition) is 3. The van der Waals surface area contributed by atoms with E-state index in [2.05, 4.69) is 19.2 Å². The second-order valence-electron chi connectivity index (χ2n) is 5.85. The van der Waals surface area contributed by atoms with Crippen LogP contribution in [0.2, 0.25) is 0 Å². The predicted octanol–water partition coefficient (Wildman–Crippen LogP) is 3.61. The van der Waals surface area contributed by atoms with Crippen LogP contribution in [0.3, 0.4) is 0 Å². The number of carbonyl (C=O) groups excluding carboxylic acids is 1. The smallest absolute Gasteiger partial charge is 0.331 e. The molecule has 0 bridgehead atoms. The monoisotopic (exact) mass is 279 g/mol. The van der Waals surface area contributed by atoms with Crippen LogP contribution in [0.4, 0.5) is 10.1 Å². The summed E-state index contributed by atoms with van der Waals surface area (Å²) in [5, 5.41) is 3.25. The average Bonchev–Trinajstić information content (AvgIpc) is 2.35. The maximum atomic E-state index is 12.9. The number of rotatable bonds is 5. The van der Waals surface area contributed by atoms with Crippen molar-refractivity contribution in [1.82, 2.24) is 0 Å². The average molecular weight is 279 g/mol. The molecule has 20 heavy (non-hydrogen) atoms. The van der Waals surface area contributed by atoms with Crippen LogP contribution in [0.15, 0.2) is 24.3 Å². The molecule has 4 heteroatoms. The number of halogens is 1. The van der Waals surface area contributed by atoms with Gasteiger partial charge < -0.3 is 10.1 Å². The Morgan fingerprint density at radius 2 is 2.00 bits per heavy atom. The minimum Gasteiger partial charge on any atom is -0.464 e. The van der Waals surface area contributed by atoms with Crippen molar-refractivity contribution in [1.29, 1.82) is 0 Å². The summed E-state index contributed by atoms with van der Waals surface area (Å²) in [6.07, 6.45) is 1.53. The normalized spacial score (nSPS) is 25.1. The van der Waals surface area contributed by atoms with Gasteiger partial charge in [0.05, 0.1) is 6.61 Å². The van der Waals surface area contributed by atoms with E-state index < -0.39 is 5.54 Å². The molecule has 1 saturated carbocycles. The molecular weight excluding hydrogens is 257 g/mol. The second kappa shape index (κ2) is 5.81. The van der Waals surface area contributed by atoms with Gasteiger partial charge in [-0.3, -0.25) is 0 Å². The van der Waals surface area contributed by atoms with Gasteiger partial charge in [-0.15, -0.1) is 0 Å². The van der Waals surface area contributed by atoms with Crippen LogP contribution in [0.25, 0.3) is 0 Å². The summed E-state index contributed by atoms with van der Waals surface area (Å²) in [6.45, 7) is 6.51. The van der Waals surface area contributed by atoms with E-state index in [1.54, 1.807) is 12.1 Å². The van der Waals surface area contributed by atoms with E-state index in [0.717, 1.165) is 18.5 Å². The van der Waals surface area contributed by atoms with Crippen LogP contribution < -0.4 is 5.32 Å². The number of anilines is 1. The molecule has 0 heterocycles. The number of hydrogen-bond donors (Lipinski definition) is 1. The molecule has 2 rings (SSSR count). The Morgan fingerprint density at radius 3 is 2.50 bits per heavy atom. The maximum absolute atomic E-state index is 12.9. The van der Waals surface area contributed by atoms with Crippen molar-refractivity contribution in [2.75, 3.05) is 11.9 Å². The van der Waals surface area contributed by atoms with Crippen LogP contribution in [0, 0.1) is 17.7 Å². The standard InChI is InChI=1S/C16H22FNO2/c1-4-20-15(19)16(9-12(10-16)11(2)3)18-14-7-5-13(17)6-8-14/h5-8,11-12,18H,4,9-10H2,1-3H3. The molecule has 3 nitrogen and oxygen atoms in total. The highest BCUT2D eigenvalue weighted by Gasteiger charge is 2.52.